The molecule has 1 atom stereocenters. The maximum Gasteiger partial charge on any atom is 0.203 e. The van der Waals surface area contributed by atoms with Gasteiger partial charge in [-0.2, -0.15) is 0 Å². The molecular formula is C23H42IN5O3. The van der Waals surface area contributed by atoms with Crippen molar-refractivity contribution in [3.05, 3.63) is 17.7 Å². The van der Waals surface area contributed by atoms with Crippen molar-refractivity contribution in [3.63, 3.8) is 0 Å². The Labute approximate surface area is 211 Å². The van der Waals surface area contributed by atoms with Crippen LogP contribution in [0.4, 0.5) is 0 Å². The molecule has 8 nitrogen and oxygen atoms in total. The van der Waals surface area contributed by atoms with Crippen LogP contribution in [0.5, 0.6) is 17.2 Å². The summed E-state index contributed by atoms with van der Waals surface area (Å²) in [6.07, 6.45) is 1.17. The van der Waals surface area contributed by atoms with Crippen LogP contribution in [0, 0.1) is 0 Å². The molecule has 0 saturated carbocycles. The van der Waals surface area contributed by atoms with Crippen molar-refractivity contribution in [2.45, 2.75) is 32.9 Å². The molecule has 1 N–H and O–H groups in total. The minimum Gasteiger partial charge on any atom is -0.493 e. The lowest BCUT2D eigenvalue weighted by molar-refractivity contribution is 0.171. The van der Waals surface area contributed by atoms with E-state index < -0.39 is 0 Å². The fraction of sp³-hybridized carbons (Fsp3) is 0.696. The summed E-state index contributed by atoms with van der Waals surface area (Å²) < 4.78 is 16.4. The first-order chi connectivity index (χ1) is 15.0. The van der Waals surface area contributed by atoms with Gasteiger partial charge in [0, 0.05) is 58.9 Å². The molecule has 1 unspecified atom stereocenters. The molecule has 0 bridgehead atoms. The van der Waals surface area contributed by atoms with Crippen LogP contribution in [0.15, 0.2) is 17.1 Å². The predicted molar refractivity (Wildman–Crippen MR) is 142 cm³/mol. The number of ether oxygens (including phenoxy) is 3. The van der Waals surface area contributed by atoms with Gasteiger partial charge < -0.3 is 29.3 Å². The molecule has 1 aromatic carbocycles. The number of rotatable bonds is 10. The Hall–Kier alpha value is -1.46. The number of nitrogens with zero attached hydrogens (tertiary/aromatic N) is 4. The molecule has 0 spiro atoms. The molecule has 0 aromatic heterocycles. The number of nitrogens with one attached hydrogen (secondary N) is 1. The number of likely N-dealkylation sites (N-methyl/N-ethyl adjacent to an activating group) is 1. The van der Waals surface area contributed by atoms with E-state index in [1.807, 2.05) is 19.2 Å². The molecule has 1 aromatic rings. The van der Waals surface area contributed by atoms with Crippen LogP contribution in [0.2, 0.25) is 0 Å². The molecule has 0 radical (unpaired) electrons. The van der Waals surface area contributed by atoms with Crippen molar-refractivity contribution in [2.75, 3.05) is 74.7 Å². The fourth-order valence-electron chi connectivity index (χ4n) is 3.81. The van der Waals surface area contributed by atoms with Crippen molar-refractivity contribution < 1.29 is 14.2 Å². The van der Waals surface area contributed by atoms with Crippen molar-refractivity contribution in [3.8, 4) is 17.2 Å². The van der Waals surface area contributed by atoms with E-state index in [2.05, 4.69) is 45.9 Å². The van der Waals surface area contributed by atoms with Gasteiger partial charge in [-0.05, 0) is 38.1 Å². The van der Waals surface area contributed by atoms with Gasteiger partial charge >= 0.3 is 0 Å². The number of halogens is 1. The lowest BCUT2D eigenvalue weighted by atomic mass is 10.1. The van der Waals surface area contributed by atoms with Gasteiger partial charge in [0.1, 0.15) is 0 Å². The summed E-state index contributed by atoms with van der Waals surface area (Å²) in [6, 6.07) is 4.66. The minimum absolute atomic E-state index is 0. The lowest BCUT2D eigenvalue weighted by Gasteiger charge is -2.37. The highest BCUT2D eigenvalue weighted by atomic mass is 127. The average Bonchev–Trinajstić information content (AvgIpc) is 2.81. The number of aliphatic imine (C=N–C) groups is 1. The summed E-state index contributed by atoms with van der Waals surface area (Å²) in [5.74, 6) is 3.02. The Morgan fingerprint density at radius 1 is 1.09 bits per heavy atom. The maximum atomic E-state index is 5.49. The molecule has 1 fully saturated rings. The van der Waals surface area contributed by atoms with Crippen LogP contribution < -0.4 is 19.5 Å². The molecule has 2 rings (SSSR count). The molecule has 0 aliphatic carbocycles. The topological polar surface area (TPSA) is 61.8 Å². The summed E-state index contributed by atoms with van der Waals surface area (Å²) in [5, 5.41) is 3.53. The number of methoxy groups -OCH3 is 3. The van der Waals surface area contributed by atoms with E-state index in [-0.39, 0.29) is 24.0 Å². The molecule has 1 heterocycles. The second-order valence-corrected chi connectivity index (χ2v) is 8.01. The molecule has 9 heteroatoms. The highest BCUT2D eigenvalue weighted by molar-refractivity contribution is 14.0. The Kier molecular flexibility index (Phi) is 13.1. The number of hydrogen-bond acceptors (Lipinski definition) is 6. The zero-order valence-corrected chi connectivity index (χ0v) is 23.1. The van der Waals surface area contributed by atoms with Gasteiger partial charge in [0.05, 0.1) is 21.3 Å². The quantitative estimate of drug-likeness (QED) is 0.267. The smallest absolute Gasteiger partial charge is 0.203 e. The van der Waals surface area contributed by atoms with Gasteiger partial charge in [-0.1, -0.05) is 6.92 Å². The van der Waals surface area contributed by atoms with Gasteiger partial charge in [-0.3, -0.25) is 9.89 Å². The van der Waals surface area contributed by atoms with Crippen molar-refractivity contribution >= 4 is 29.9 Å². The molecule has 1 aliphatic rings. The van der Waals surface area contributed by atoms with Crippen molar-refractivity contribution in [2.24, 2.45) is 4.99 Å². The maximum absolute atomic E-state index is 5.49. The van der Waals surface area contributed by atoms with Gasteiger partial charge in [0.25, 0.3) is 0 Å². The summed E-state index contributed by atoms with van der Waals surface area (Å²) in [4.78, 5) is 11.7. The van der Waals surface area contributed by atoms with Crippen LogP contribution in [-0.4, -0.2) is 101 Å². The summed E-state index contributed by atoms with van der Waals surface area (Å²) >= 11 is 0. The van der Waals surface area contributed by atoms with Gasteiger partial charge in [-0.15, -0.1) is 24.0 Å². The minimum atomic E-state index is 0. The average molecular weight is 564 g/mol. The first-order valence-electron chi connectivity index (χ1n) is 11.1. The Bertz CT molecular complexity index is 686. The van der Waals surface area contributed by atoms with Crippen molar-refractivity contribution in [1.29, 1.82) is 0 Å². The SMILES string of the molecule is CCC(C)N(C)CCNC(=NC)N1CCN(Cc2cc(OC)c(OC)c(OC)c2)CC1.I. The van der Waals surface area contributed by atoms with E-state index >= 15 is 0 Å². The predicted octanol–water partition coefficient (Wildman–Crippen LogP) is 2.75. The standard InChI is InChI=1S/C23H41N5O3.HI/c1-8-18(2)26(4)10-9-25-23(24-3)28-13-11-27(12-14-28)17-19-15-20(29-5)22(31-7)21(16-19)30-6;/h15-16,18H,8-14,17H2,1-7H3,(H,24,25);1H. The number of hydrogen-bond donors (Lipinski definition) is 1. The zero-order valence-electron chi connectivity index (χ0n) is 20.8. The molecule has 0 amide bonds. The van der Waals surface area contributed by atoms with E-state index in [0.717, 1.165) is 57.3 Å². The second-order valence-electron chi connectivity index (χ2n) is 8.01. The van der Waals surface area contributed by atoms with Gasteiger partial charge in [0.2, 0.25) is 5.75 Å². The third kappa shape index (κ3) is 7.84. The van der Waals surface area contributed by atoms with E-state index in [4.69, 9.17) is 14.2 Å². The summed E-state index contributed by atoms with van der Waals surface area (Å²) in [5.41, 5.74) is 1.15. The largest absolute Gasteiger partial charge is 0.493 e. The first-order valence-corrected chi connectivity index (χ1v) is 11.1. The van der Waals surface area contributed by atoms with Crippen molar-refractivity contribution in [1.82, 2.24) is 20.0 Å². The second kappa shape index (κ2) is 14.6. The molecule has 32 heavy (non-hydrogen) atoms. The summed E-state index contributed by atoms with van der Waals surface area (Å²) in [7, 11) is 8.98. The van der Waals surface area contributed by atoms with Crippen LogP contribution in [-0.2, 0) is 6.54 Å². The van der Waals surface area contributed by atoms with E-state index in [1.54, 1.807) is 21.3 Å². The molecular weight excluding hydrogens is 521 g/mol. The third-order valence-corrected chi connectivity index (χ3v) is 6.11. The van der Waals surface area contributed by atoms with Crippen LogP contribution in [0.3, 0.4) is 0 Å². The highest BCUT2D eigenvalue weighted by Crippen LogP contribution is 2.38. The Morgan fingerprint density at radius 3 is 2.16 bits per heavy atom. The Balaban J connectivity index is 0.00000512. The highest BCUT2D eigenvalue weighted by Gasteiger charge is 2.21. The fourth-order valence-corrected chi connectivity index (χ4v) is 3.81. The normalized spacial score (nSPS) is 15.9. The molecule has 1 saturated heterocycles. The zero-order chi connectivity index (χ0) is 22.8. The number of piperazine rings is 1. The first kappa shape index (κ1) is 28.6. The number of benzene rings is 1. The van der Waals surface area contributed by atoms with E-state index in [9.17, 15) is 0 Å². The molecule has 184 valence electrons. The van der Waals surface area contributed by atoms with Gasteiger partial charge in [-0.25, -0.2) is 0 Å². The Morgan fingerprint density at radius 2 is 1.69 bits per heavy atom. The van der Waals surface area contributed by atoms with Crippen LogP contribution in [0.25, 0.3) is 0 Å². The van der Waals surface area contributed by atoms with E-state index in [1.165, 1.54) is 6.42 Å². The lowest BCUT2D eigenvalue weighted by Crippen LogP contribution is -2.53. The van der Waals surface area contributed by atoms with Gasteiger partial charge in [0.15, 0.2) is 17.5 Å². The number of guanidine groups is 1. The third-order valence-electron chi connectivity index (χ3n) is 6.11. The van der Waals surface area contributed by atoms with Crippen LogP contribution in [0.1, 0.15) is 25.8 Å². The van der Waals surface area contributed by atoms with Crippen LogP contribution >= 0.6 is 24.0 Å². The monoisotopic (exact) mass is 563 g/mol. The molecule has 1 aliphatic heterocycles. The van der Waals surface area contributed by atoms with E-state index in [0.29, 0.717) is 23.3 Å². The summed E-state index contributed by atoms with van der Waals surface area (Å²) in [6.45, 7) is 11.1.